The zero-order valence-corrected chi connectivity index (χ0v) is 27.5. The minimum Gasteiger partial charge on any atom is -0.491 e. The van der Waals surface area contributed by atoms with E-state index in [0.29, 0.717) is 54.5 Å². The number of Topliss-reactive ketones (excluding diaryl/α,β-unsaturated/α-hetero) is 1. The molecule has 1 aromatic heterocycles. The lowest BCUT2D eigenvalue weighted by Crippen LogP contribution is -2.22. The number of carbonyl (C=O) groups excluding carboxylic acids is 1. The van der Waals surface area contributed by atoms with E-state index in [4.69, 9.17) is 20.3 Å². The lowest BCUT2D eigenvalue weighted by Gasteiger charge is -2.20. The number of carbonyl (C=O) groups is 2. The van der Waals surface area contributed by atoms with Crippen LogP contribution < -0.4 is 10.5 Å². The molecular formula is C38H45FN2O7. The summed E-state index contributed by atoms with van der Waals surface area (Å²) in [6, 6.07) is 23.1. The van der Waals surface area contributed by atoms with Gasteiger partial charge in [0.2, 0.25) is 0 Å². The molecule has 0 saturated carbocycles. The van der Waals surface area contributed by atoms with Gasteiger partial charge in [0, 0.05) is 36.3 Å². The van der Waals surface area contributed by atoms with Crippen LogP contribution in [0.4, 0.5) is 4.39 Å². The van der Waals surface area contributed by atoms with Crippen molar-refractivity contribution in [2.45, 2.75) is 64.2 Å². The number of hydrogen-bond donors (Lipinski definition) is 4. The number of aromatic nitrogens is 1. The molecule has 0 unspecified atom stereocenters. The van der Waals surface area contributed by atoms with E-state index in [-0.39, 0.29) is 37.5 Å². The summed E-state index contributed by atoms with van der Waals surface area (Å²) in [6.07, 6.45) is -2.44. The Morgan fingerprint density at radius 1 is 0.875 bits per heavy atom. The molecule has 0 amide bonds. The summed E-state index contributed by atoms with van der Waals surface area (Å²) in [5.41, 5.74) is 10.5. The van der Waals surface area contributed by atoms with E-state index in [9.17, 15) is 24.2 Å². The number of aliphatic hydroxyl groups is 2. The van der Waals surface area contributed by atoms with E-state index in [1.807, 2.05) is 73.0 Å². The average molecular weight is 661 g/mol. The van der Waals surface area contributed by atoms with Crippen LogP contribution in [0.15, 0.2) is 78.9 Å². The Balaban J connectivity index is 1.76. The van der Waals surface area contributed by atoms with Crippen LogP contribution in [-0.2, 0) is 22.5 Å². The molecule has 4 aromatic rings. The predicted molar refractivity (Wildman–Crippen MR) is 183 cm³/mol. The molecule has 1 heterocycles. The Kier molecular flexibility index (Phi) is 13.5. The van der Waals surface area contributed by atoms with Crippen LogP contribution in [0.25, 0.3) is 22.4 Å². The number of carboxylic acid groups (broad SMARTS) is 1. The summed E-state index contributed by atoms with van der Waals surface area (Å²) in [7, 11) is 0. The van der Waals surface area contributed by atoms with Crippen molar-refractivity contribution in [3.05, 3.63) is 102 Å². The summed E-state index contributed by atoms with van der Waals surface area (Å²) in [5, 5.41) is 30.0. The number of hydrogen-bond acceptors (Lipinski definition) is 7. The second-order valence-corrected chi connectivity index (χ2v) is 12.1. The SMILES string of the molecule is CC(C)c1c(C(=O)Cc2ccc(OCCOCCN)cc2)c(-c2ccccc2)c(-c2ccc(F)cc2)n1CC[C@@H](O)C[C@@H](O)CC(=O)O. The van der Waals surface area contributed by atoms with Gasteiger partial charge in [-0.25, -0.2) is 4.39 Å². The molecular weight excluding hydrogens is 615 g/mol. The highest BCUT2D eigenvalue weighted by Crippen LogP contribution is 2.43. The van der Waals surface area contributed by atoms with Crippen LogP contribution in [0, 0.1) is 5.82 Å². The third-order valence-corrected chi connectivity index (χ3v) is 8.00. The molecule has 5 N–H and O–H groups in total. The lowest BCUT2D eigenvalue weighted by molar-refractivity contribution is -0.139. The molecule has 0 aliphatic rings. The number of ether oxygens (including phenoxy) is 2. The Morgan fingerprint density at radius 2 is 1.56 bits per heavy atom. The molecule has 256 valence electrons. The fourth-order valence-electron chi connectivity index (χ4n) is 5.92. The van der Waals surface area contributed by atoms with Gasteiger partial charge in [-0.05, 0) is 71.8 Å². The quantitative estimate of drug-likeness (QED) is 0.0726. The molecule has 4 rings (SSSR count). The van der Waals surface area contributed by atoms with Gasteiger partial charge in [-0.1, -0.05) is 56.3 Å². The van der Waals surface area contributed by atoms with Crippen molar-refractivity contribution in [3.8, 4) is 28.1 Å². The van der Waals surface area contributed by atoms with E-state index in [1.165, 1.54) is 12.1 Å². The highest BCUT2D eigenvalue weighted by atomic mass is 19.1. The van der Waals surface area contributed by atoms with Crippen molar-refractivity contribution >= 4 is 11.8 Å². The van der Waals surface area contributed by atoms with Gasteiger partial charge in [0.1, 0.15) is 18.2 Å². The average Bonchev–Trinajstić information content (AvgIpc) is 3.40. The van der Waals surface area contributed by atoms with Crippen LogP contribution in [0.3, 0.4) is 0 Å². The fraction of sp³-hybridized carbons (Fsp3) is 0.368. The molecule has 3 aromatic carbocycles. The van der Waals surface area contributed by atoms with Crippen LogP contribution in [0.5, 0.6) is 5.75 Å². The lowest BCUT2D eigenvalue weighted by atomic mass is 9.90. The smallest absolute Gasteiger partial charge is 0.305 e. The van der Waals surface area contributed by atoms with Gasteiger partial charge in [-0.3, -0.25) is 9.59 Å². The number of nitrogens with zero attached hydrogens (tertiary/aromatic N) is 1. The van der Waals surface area contributed by atoms with Crippen molar-refractivity contribution in [1.29, 1.82) is 0 Å². The first-order valence-corrected chi connectivity index (χ1v) is 16.3. The number of aliphatic hydroxyl groups excluding tert-OH is 2. The minimum atomic E-state index is -1.19. The molecule has 0 radical (unpaired) electrons. The van der Waals surface area contributed by atoms with Gasteiger partial charge in [-0.15, -0.1) is 0 Å². The molecule has 48 heavy (non-hydrogen) atoms. The van der Waals surface area contributed by atoms with E-state index >= 15 is 0 Å². The number of ketones is 1. The highest BCUT2D eigenvalue weighted by Gasteiger charge is 2.30. The maximum absolute atomic E-state index is 14.5. The molecule has 0 bridgehead atoms. The topological polar surface area (TPSA) is 144 Å². The zero-order valence-electron chi connectivity index (χ0n) is 27.5. The van der Waals surface area contributed by atoms with Crippen molar-refractivity contribution in [3.63, 3.8) is 0 Å². The Morgan fingerprint density at radius 3 is 2.19 bits per heavy atom. The van der Waals surface area contributed by atoms with E-state index < -0.39 is 30.4 Å². The van der Waals surface area contributed by atoms with Gasteiger partial charge in [-0.2, -0.15) is 0 Å². The summed E-state index contributed by atoms with van der Waals surface area (Å²) >= 11 is 0. The fourth-order valence-corrected chi connectivity index (χ4v) is 5.92. The Hall–Kier alpha value is -4.35. The van der Waals surface area contributed by atoms with Gasteiger partial charge in [0.25, 0.3) is 0 Å². The molecule has 0 spiro atoms. The van der Waals surface area contributed by atoms with Crippen molar-refractivity contribution in [1.82, 2.24) is 4.57 Å². The molecule has 0 saturated heterocycles. The van der Waals surface area contributed by atoms with Gasteiger partial charge >= 0.3 is 5.97 Å². The number of benzene rings is 3. The summed E-state index contributed by atoms with van der Waals surface area (Å²) < 4.78 is 27.3. The first-order chi connectivity index (χ1) is 23.1. The highest BCUT2D eigenvalue weighted by molar-refractivity contribution is 6.08. The normalized spacial score (nSPS) is 12.6. The monoisotopic (exact) mass is 660 g/mol. The summed E-state index contributed by atoms with van der Waals surface area (Å²) in [4.78, 5) is 25.5. The molecule has 2 atom stereocenters. The number of nitrogens with two attached hydrogens (primary N) is 1. The van der Waals surface area contributed by atoms with E-state index in [2.05, 4.69) is 0 Å². The second kappa shape index (κ2) is 17.7. The third kappa shape index (κ3) is 9.84. The maximum atomic E-state index is 14.5. The summed E-state index contributed by atoms with van der Waals surface area (Å²) in [5.74, 6) is -1.09. The largest absolute Gasteiger partial charge is 0.491 e. The third-order valence-electron chi connectivity index (χ3n) is 8.00. The van der Waals surface area contributed by atoms with Gasteiger partial charge < -0.3 is 35.1 Å². The van der Waals surface area contributed by atoms with Crippen LogP contribution in [0.2, 0.25) is 0 Å². The van der Waals surface area contributed by atoms with Crippen molar-refractivity contribution < 1.29 is 38.8 Å². The zero-order chi connectivity index (χ0) is 34.6. The molecule has 0 fully saturated rings. The number of rotatable bonds is 19. The molecule has 0 aliphatic heterocycles. The number of carboxylic acids is 1. The molecule has 10 heteroatoms. The number of aliphatic carboxylic acids is 1. The maximum Gasteiger partial charge on any atom is 0.305 e. The van der Waals surface area contributed by atoms with Gasteiger partial charge in [0.05, 0.1) is 37.5 Å². The second-order valence-electron chi connectivity index (χ2n) is 12.1. The van der Waals surface area contributed by atoms with Crippen LogP contribution in [0.1, 0.15) is 60.6 Å². The van der Waals surface area contributed by atoms with Crippen LogP contribution >= 0.6 is 0 Å². The Labute approximate surface area is 280 Å². The predicted octanol–water partition coefficient (Wildman–Crippen LogP) is 5.84. The first-order valence-electron chi connectivity index (χ1n) is 16.3. The standard InChI is InChI=1S/C38H45FN2O7/c1-25(2)37-36(33(44)22-26-8-14-32(15-9-26)48-21-20-47-19-17-40)35(27-6-4-3-5-7-27)38(28-10-12-29(39)13-11-28)41(37)18-16-30(42)23-31(43)24-34(45)46/h3-15,25,30-31,42-43H,16-24,40H2,1-2H3,(H,45,46)/t30-,31-/m1/s1. The number of halogens is 1. The Bertz CT molecular complexity index is 1620. The van der Waals surface area contributed by atoms with E-state index in [0.717, 1.165) is 16.8 Å². The van der Waals surface area contributed by atoms with Crippen molar-refractivity contribution in [2.24, 2.45) is 5.73 Å². The molecule has 0 aliphatic carbocycles. The molecule has 9 nitrogen and oxygen atoms in total. The first kappa shape index (κ1) is 36.5. The van der Waals surface area contributed by atoms with Crippen molar-refractivity contribution in [2.75, 3.05) is 26.4 Å². The van der Waals surface area contributed by atoms with E-state index in [1.54, 1.807) is 12.1 Å². The minimum absolute atomic E-state index is 0.0963. The van der Waals surface area contributed by atoms with Crippen LogP contribution in [-0.4, -0.2) is 70.2 Å². The van der Waals surface area contributed by atoms with Gasteiger partial charge in [0.15, 0.2) is 5.78 Å². The summed E-state index contributed by atoms with van der Waals surface area (Å²) in [6.45, 7) is 5.99.